The van der Waals surface area contributed by atoms with Gasteiger partial charge in [0.1, 0.15) is 0 Å². The molecule has 1 aromatic carbocycles. The number of carboxylic acid groups (broad SMARTS) is 1. The van der Waals surface area contributed by atoms with Gasteiger partial charge in [0.05, 0.1) is 5.56 Å². The minimum absolute atomic E-state index is 0.107. The molecule has 1 atom stereocenters. The molecule has 0 saturated heterocycles. The fourth-order valence-corrected chi connectivity index (χ4v) is 3.11. The van der Waals surface area contributed by atoms with Crippen LogP contribution in [-0.2, 0) is 0 Å². The van der Waals surface area contributed by atoms with Crippen molar-refractivity contribution >= 4 is 11.9 Å². The van der Waals surface area contributed by atoms with E-state index >= 15 is 0 Å². The van der Waals surface area contributed by atoms with Gasteiger partial charge in [-0.3, -0.25) is 4.79 Å². The number of carbonyl (C=O) groups excluding carboxylic acids is 1. The van der Waals surface area contributed by atoms with E-state index in [-0.39, 0.29) is 17.5 Å². The molecule has 21 heavy (non-hydrogen) atoms. The summed E-state index contributed by atoms with van der Waals surface area (Å²) < 4.78 is 0. The predicted molar refractivity (Wildman–Crippen MR) is 81.5 cm³/mol. The van der Waals surface area contributed by atoms with Crippen LogP contribution in [0.25, 0.3) is 0 Å². The normalized spacial score (nSPS) is 17.2. The highest BCUT2D eigenvalue weighted by Crippen LogP contribution is 2.27. The van der Waals surface area contributed by atoms with Crippen molar-refractivity contribution in [1.82, 2.24) is 5.32 Å². The molecule has 1 amide bonds. The average Bonchev–Trinajstić information content (AvgIpc) is 2.53. The molecule has 0 heterocycles. The molecule has 1 saturated carbocycles. The lowest BCUT2D eigenvalue weighted by Crippen LogP contribution is -2.40. The summed E-state index contributed by atoms with van der Waals surface area (Å²) in [6.45, 7) is 2.10. The Labute approximate surface area is 125 Å². The van der Waals surface area contributed by atoms with Gasteiger partial charge in [0.2, 0.25) is 0 Å². The molecule has 1 fully saturated rings. The van der Waals surface area contributed by atoms with E-state index in [1.54, 1.807) is 12.1 Å². The molecule has 0 spiro atoms. The van der Waals surface area contributed by atoms with E-state index in [9.17, 15) is 9.59 Å². The Morgan fingerprint density at radius 2 is 1.71 bits per heavy atom. The topological polar surface area (TPSA) is 66.4 Å². The van der Waals surface area contributed by atoms with Crippen molar-refractivity contribution in [2.75, 3.05) is 0 Å². The molecule has 1 aromatic rings. The highest BCUT2D eigenvalue weighted by molar-refractivity contribution is 5.96. The maximum absolute atomic E-state index is 12.3. The lowest BCUT2D eigenvalue weighted by Gasteiger charge is -2.30. The third kappa shape index (κ3) is 4.06. The molecule has 0 bridgehead atoms. The average molecular weight is 289 g/mol. The highest BCUT2D eigenvalue weighted by atomic mass is 16.4. The quantitative estimate of drug-likeness (QED) is 0.872. The van der Waals surface area contributed by atoms with Crippen LogP contribution in [-0.4, -0.2) is 23.0 Å². The van der Waals surface area contributed by atoms with Crippen LogP contribution in [0.4, 0.5) is 0 Å². The van der Waals surface area contributed by atoms with Gasteiger partial charge in [-0.2, -0.15) is 0 Å². The summed E-state index contributed by atoms with van der Waals surface area (Å²) in [5.74, 6) is -0.508. The maximum atomic E-state index is 12.3. The van der Waals surface area contributed by atoms with Crippen LogP contribution in [0.15, 0.2) is 24.3 Å². The Bertz CT molecular complexity index is 489. The van der Waals surface area contributed by atoms with Crippen molar-refractivity contribution in [3.8, 4) is 0 Å². The molecule has 0 aliphatic heterocycles. The summed E-state index contributed by atoms with van der Waals surface area (Å²) in [6, 6.07) is 6.31. The van der Waals surface area contributed by atoms with Gasteiger partial charge in [-0.25, -0.2) is 4.79 Å². The molecule has 0 radical (unpaired) electrons. The van der Waals surface area contributed by atoms with Crippen LogP contribution in [0.3, 0.4) is 0 Å². The van der Waals surface area contributed by atoms with E-state index in [0.29, 0.717) is 11.5 Å². The summed E-state index contributed by atoms with van der Waals surface area (Å²) in [7, 11) is 0. The Morgan fingerprint density at radius 3 is 2.24 bits per heavy atom. The lowest BCUT2D eigenvalue weighted by molar-refractivity contribution is 0.0696. The Morgan fingerprint density at radius 1 is 1.14 bits per heavy atom. The summed E-state index contributed by atoms with van der Waals surface area (Å²) in [6.07, 6.45) is 7.13. The number of carbonyl (C=O) groups is 2. The van der Waals surface area contributed by atoms with Gasteiger partial charge in [-0.15, -0.1) is 0 Å². The largest absolute Gasteiger partial charge is 0.478 e. The molecule has 1 aliphatic rings. The van der Waals surface area contributed by atoms with Crippen molar-refractivity contribution in [2.45, 2.75) is 51.5 Å². The summed E-state index contributed by atoms with van der Waals surface area (Å²) >= 11 is 0. The number of carboxylic acids is 1. The molecule has 114 valence electrons. The highest BCUT2D eigenvalue weighted by Gasteiger charge is 2.24. The van der Waals surface area contributed by atoms with Gasteiger partial charge >= 0.3 is 5.97 Å². The number of aromatic carboxylic acids is 1. The molecule has 4 heteroatoms. The van der Waals surface area contributed by atoms with Gasteiger partial charge in [0.25, 0.3) is 5.91 Å². The SMILES string of the molecule is CCC(NC(=O)c1ccc(C(=O)O)cc1)C1CCCCC1. The van der Waals surface area contributed by atoms with Crippen LogP contribution >= 0.6 is 0 Å². The lowest BCUT2D eigenvalue weighted by atomic mass is 9.83. The second-order valence-corrected chi connectivity index (χ2v) is 5.77. The van der Waals surface area contributed by atoms with Gasteiger partial charge in [0, 0.05) is 11.6 Å². The fraction of sp³-hybridized carbons (Fsp3) is 0.529. The van der Waals surface area contributed by atoms with Gasteiger partial charge < -0.3 is 10.4 Å². The molecule has 1 unspecified atom stereocenters. The Hall–Kier alpha value is -1.84. The van der Waals surface area contributed by atoms with Crippen molar-refractivity contribution < 1.29 is 14.7 Å². The minimum atomic E-state index is -0.976. The molecule has 0 aromatic heterocycles. The third-order valence-electron chi connectivity index (χ3n) is 4.37. The van der Waals surface area contributed by atoms with Crippen LogP contribution in [0.1, 0.15) is 66.2 Å². The Kier molecular flexibility index (Phi) is 5.37. The molecule has 4 nitrogen and oxygen atoms in total. The van der Waals surface area contributed by atoms with E-state index in [4.69, 9.17) is 5.11 Å². The van der Waals surface area contributed by atoms with Crippen molar-refractivity contribution in [3.63, 3.8) is 0 Å². The minimum Gasteiger partial charge on any atom is -0.478 e. The third-order valence-corrected chi connectivity index (χ3v) is 4.37. The van der Waals surface area contributed by atoms with E-state index in [2.05, 4.69) is 12.2 Å². The fourth-order valence-electron chi connectivity index (χ4n) is 3.11. The first-order valence-electron chi connectivity index (χ1n) is 7.76. The summed E-state index contributed by atoms with van der Waals surface area (Å²) in [5.41, 5.74) is 0.722. The number of benzene rings is 1. The first kappa shape index (κ1) is 15.5. The molecule has 2 N–H and O–H groups in total. The molecule has 2 rings (SSSR count). The zero-order valence-corrected chi connectivity index (χ0v) is 12.5. The van der Waals surface area contributed by atoms with E-state index in [0.717, 1.165) is 6.42 Å². The van der Waals surface area contributed by atoms with E-state index in [1.165, 1.54) is 44.2 Å². The number of rotatable bonds is 5. The van der Waals surface area contributed by atoms with Crippen LogP contribution in [0.2, 0.25) is 0 Å². The summed E-state index contributed by atoms with van der Waals surface area (Å²) in [5, 5.41) is 12.0. The number of amides is 1. The monoisotopic (exact) mass is 289 g/mol. The van der Waals surface area contributed by atoms with Crippen LogP contribution in [0, 0.1) is 5.92 Å². The van der Waals surface area contributed by atoms with Crippen molar-refractivity contribution in [3.05, 3.63) is 35.4 Å². The first-order valence-corrected chi connectivity index (χ1v) is 7.76. The second-order valence-electron chi connectivity index (χ2n) is 5.77. The van der Waals surface area contributed by atoms with E-state index < -0.39 is 5.97 Å². The molecular formula is C17H23NO3. The number of hydrogen-bond acceptors (Lipinski definition) is 2. The molecule has 1 aliphatic carbocycles. The number of nitrogens with one attached hydrogen (secondary N) is 1. The Balaban J connectivity index is 1.99. The first-order chi connectivity index (χ1) is 10.1. The predicted octanol–water partition coefficient (Wildman–Crippen LogP) is 3.47. The van der Waals surface area contributed by atoms with Gasteiger partial charge in [0.15, 0.2) is 0 Å². The zero-order chi connectivity index (χ0) is 15.2. The molecular weight excluding hydrogens is 266 g/mol. The maximum Gasteiger partial charge on any atom is 0.335 e. The number of hydrogen-bond donors (Lipinski definition) is 2. The van der Waals surface area contributed by atoms with Crippen LogP contribution in [0.5, 0.6) is 0 Å². The smallest absolute Gasteiger partial charge is 0.335 e. The standard InChI is InChI=1S/C17H23NO3/c1-2-15(12-6-4-3-5-7-12)18-16(19)13-8-10-14(11-9-13)17(20)21/h8-12,15H,2-7H2,1H3,(H,18,19)(H,20,21). The van der Waals surface area contributed by atoms with E-state index in [1.807, 2.05) is 0 Å². The summed E-state index contributed by atoms with van der Waals surface area (Å²) in [4.78, 5) is 23.1. The van der Waals surface area contributed by atoms with Crippen molar-refractivity contribution in [2.24, 2.45) is 5.92 Å². The van der Waals surface area contributed by atoms with Gasteiger partial charge in [-0.1, -0.05) is 26.2 Å². The van der Waals surface area contributed by atoms with Crippen molar-refractivity contribution in [1.29, 1.82) is 0 Å². The zero-order valence-electron chi connectivity index (χ0n) is 12.5. The van der Waals surface area contributed by atoms with Crippen LogP contribution < -0.4 is 5.32 Å². The van der Waals surface area contributed by atoms with Gasteiger partial charge in [-0.05, 0) is 49.4 Å². The second kappa shape index (κ2) is 7.25.